The number of amides is 3. The number of carbonyl (C=O) groups is 3. The molecule has 1 aromatic heterocycles. The first kappa shape index (κ1) is 27.1. The molecule has 4 aromatic carbocycles. The summed E-state index contributed by atoms with van der Waals surface area (Å²) in [6, 6.07) is 33.3. The van der Waals surface area contributed by atoms with Crippen molar-refractivity contribution >= 4 is 57.2 Å². The lowest BCUT2D eigenvalue weighted by atomic mass is 10.1. The molecule has 6 rings (SSSR count). The van der Waals surface area contributed by atoms with Crippen LogP contribution in [0, 0.1) is 6.92 Å². The van der Waals surface area contributed by atoms with Crippen LogP contribution in [0.15, 0.2) is 120 Å². The number of anilines is 3. The first-order valence-electron chi connectivity index (χ1n) is 13.0. The van der Waals surface area contributed by atoms with Crippen LogP contribution < -0.4 is 15.5 Å². The fourth-order valence-electron chi connectivity index (χ4n) is 4.51. The van der Waals surface area contributed by atoms with Gasteiger partial charge in [0.2, 0.25) is 0 Å². The van der Waals surface area contributed by atoms with Crippen molar-refractivity contribution in [1.29, 1.82) is 0 Å². The fourth-order valence-corrected chi connectivity index (χ4v) is 5.71. The van der Waals surface area contributed by atoms with E-state index in [9.17, 15) is 14.4 Å². The Hall–Kier alpha value is -5.05. The van der Waals surface area contributed by atoms with Gasteiger partial charge in [0.25, 0.3) is 17.7 Å². The molecule has 206 valence electrons. The Balaban J connectivity index is 1.19. The van der Waals surface area contributed by atoms with E-state index in [-0.39, 0.29) is 16.6 Å². The molecule has 0 aliphatic carbocycles. The van der Waals surface area contributed by atoms with Gasteiger partial charge >= 0.3 is 0 Å². The van der Waals surface area contributed by atoms with Gasteiger partial charge in [-0.25, -0.2) is 9.88 Å². The summed E-state index contributed by atoms with van der Waals surface area (Å²) in [4.78, 5) is 45.7. The van der Waals surface area contributed by atoms with Crippen molar-refractivity contribution in [3.05, 3.63) is 131 Å². The number of imide groups is 1. The normalized spacial score (nSPS) is 13.0. The second kappa shape index (κ2) is 11.4. The Morgan fingerprint density at radius 2 is 1.40 bits per heavy atom. The van der Waals surface area contributed by atoms with E-state index in [2.05, 4.69) is 10.6 Å². The van der Waals surface area contributed by atoms with Gasteiger partial charge in [0.15, 0.2) is 5.13 Å². The van der Waals surface area contributed by atoms with Gasteiger partial charge in [-0.15, -0.1) is 0 Å². The summed E-state index contributed by atoms with van der Waals surface area (Å²) in [5, 5.41) is 6.13. The number of carbonyl (C=O) groups excluding carboxylic acids is 3. The molecule has 0 unspecified atom stereocenters. The number of rotatable bonds is 7. The second-order valence-corrected chi connectivity index (χ2v) is 10.9. The van der Waals surface area contributed by atoms with E-state index in [1.165, 1.54) is 11.3 Å². The summed E-state index contributed by atoms with van der Waals surface area (Å²) in [6.07, 6.45) is 0. The number of nitrogens with zero attached hydrogens (tertiary/aromatic N) is 2. The van der Waals surface area contributed by atoms with E-state index < -0.39 is 11.8 Å². The van der Waals surface area contributed by atoms with Crippen molar-refractivity contribution < 1.29 is 14.4 Å². The standard InChI is InChI=1S/C33H23ClN4O3S/c1-20-12-18-25(19-13-20)38-31(40)26(34)28(32(38)41)35-24-16-14-23(15-17-24)30(39)37-33-36-27(21-8-4-2-5-9-21)29(42-33)22-10-6-3-7-11-22/h2-19,35H,1H3,(H,36,37,39). The van der Waals surface area contributed by atoms with Gasteiger partial charge in [-0.2, -0.15) is 0 Å². The largest absolute Gasteiger partial charge is 0.350 e. The van der Waals surface area contributed by atoms with Gasteiger partial charge in [0, 0.05) is 16.8 Å². The molecule has 0 saturated carbocycles. The summed E-state index contributed by atoms with van der Waals surface area (Å²) in [7, 11) is 0. The predicted octanol–water partition coefficient (Wildman–Crippen LogP) is 7.47. The van der Waals surface area contributed by atoms with Gasteiger partial charge in [0.1, 0.15) is 10.7 Å². The molecular formula is C33H23ClN4O3S. The maximum absolute atomic E-state index is 13.1. The quantitative estimate of drug-likeness (QED) is 0.192. The summed E-state index contributed by atoms with van der Waals surface area (Å²) in [5.41, 5.74) is 5.07. The van der Waals surface area contributed by atoms with Gasteiger partial charge in [-0.1, -0.05) is 101 Å². The number of benzene rings is 4. The van der Waals surface area contributed by atoms with Crippen molar-refractivity contribution in [1.82, 2.24) is 4.98 Å². The Morgan fingerprint density at radius 3 is 2.05 bits per heavy atom. The lowest BCUT2D eigenvalue weighted by Crippen LogP contribution is -2.32. The fraction of sp³-hybridized carbons (Fsp3) is 0.0303. The second-order valence-electron chi connectivity index (χ2n) is 9.56. The van der Waals surface area contributed by atoms with E-state index in [0.29, 0.717) is 22.1 Å². The molecule has 0 fully saturated rings. The maximum Gasteiger partial charge on any atom is 0.283 e. The van der Waals surface area contributed by atoms with Gasteiger partial charge in [-0.05, 0) is 48.9 Å². The van der Waals surface area contributed by atoms with Crippen LogP contribution >= 0.6 is 22.9 Å². The van der Waals surface area contributed by atoms with Crippen molar-refractivity contribution in [2.75, 3.05) is 15.5 Å². The molecule has 9 heteroatoms. The zero-order valence-electron chi connectivity index (χ0n) is 22.3. The molecule has 0 saturated heterocycles. The molecule has 1 aliphatic heterocycles. The average Bonchev–Trinajstić information content (AvgIpc) is 3.53. The third kappa shape index (κ3) is 5.33. The Morgan fingerprint density at radius 1 is 0.786 bits per heavy atom. The highest BCUT2D eigenvalue weighted by Gasteiger charge is 2.38. The van der Waals surface area contributed by atoms with E-state index in [1.54, 1.807) is 36.4 Å². The average molecular weight is 591 g/mol. The Kier molecular flexibility index (Phi) is 7.39. The molecule has 7 nitrogen and oxygen atoms in total. The van der Waals surface area contributed by atoms with Gasteiger partial charge in [0.05, 0.1) is 16.3 Å². The van der Waals surface area contributed by atoms with E-state index in [4.69, 9.17) is 16.6 Å². The minimum absolute atomic E-state index is 0.0240. The summed E-state index contributed by atoms with van der Waals surface area (Å²) >= 11 is 7.66. The lowest BCUT2D eigenvalue weighted by molar-refractivity contribution is -0.120. The molecule has 2 heterocycles. The number of hydrogen-bond donors (Lipinski definition) is 2. The maximum atomic E-state index is 13.1. The number of nitrogens with one attached hydrogen (secondary N) is 2. The first-order chi connectivity index (χ1) is 20.4. The van der Waals surface area contributed by atoms with Crippen molar-refractivity contribution in [2.45, 2.75) is 6.92 Å². The molecule has 0 atom stereocenters. The van der Waals surface area contributed by atoms with Crippen LogP contribution in [-0.4, -0.2) is 22.7 Å². The minimum Gasteiger partial charge on any atom is -0.350 e. The lowest BCUT2D eigenvalue weighted by Gasteiger charge is -2.15. The molecule has 0 spiro atoms. The smallest absolute Gasteiger partial charge is 0.283 e. The highest BCUT2D eigenvalue weighted by molar-refractivity contribution is 7.19. The Labute approximate surface area is 251 Å². The molecule has 3 amide bonds. The molecule has 0 bridgehead atoms. The van der Waals surface area contributed by atoms with E-state index >= 15 is 0 Å². The molecule has 5 aromatic rings. The van der Waals surface area contributed by atoms with Gasteiger partial charge < -0.3 is 5.32 Å². The number of hydrogen-bond acceptors (Lipinski definition) is 6. The van der Waals surface area contributed by atoms with Crippen LogP contribution in [0.4, 0.5) is 16.5 Å². The van der Waals surface area contributed by atoms with Crippen LogP contribution in [0.3, 0.4) is 0 Å². The highest BCUT2D eigenvalue weighted by atomic mass is 35.5. The number of aromatic nitrogens is 1. The topological polar surface area (TPSA) is 91.4 Å². The zero-order valence-corrected chi connectivity index (χ0v) is 23.9. The van der Waals surface area contributed by atoms with E-state index in [1.807, 2.05) is 79.7 Å². The third-order valence-corrected chi connectivity index (χ3v) is 8.04. The number of aryl methyl sites for hydroxylation is 1. The minimum atomic E-state index is -0.600. The van der Waals surface area contributed by atoms with Crippen molar-refractivity contribution in [2.24, 2.45) is 0 Å². The zero-order chi connectivity index (χ0) is 29.2. The van der Waals surface area contributed by atoms with Crippen molar-refractivity contribution in [3.63, 3.8) is 0 Å². The van der Waals surface area contributed by atoms with Crippen LogP contribution in [-0.2, 0) is 9.59 Å². The molecule has 42 heavy (non-hydrogen) atoms. The van der Waals surface area contributed by atoms with Gasteiger partial charge in [-0.3, -0.25) is 19.7 Å². The van der Waals surface area contributed by atoms with Crippen LogP contribution in [0.5, 0.6) is 0 Å². The third-order valence-electron chi connectivity index (χ3n) is 6.67. The molecule has 0 radical (unpaired) electrons. The SMILES string of the molecule is Cc1ccc(N2C(=O)C(Cl)=C(Nc3ccc(C(=O)Nc4nc(-c5ccccc5)c(-c5ccccc5)s4)cc3)C2=O)cc1. The molecular weight excluding hydrogens is 568 g/mol. The van der Waals surface area contributed by atoms with Crippen LogP contribution in [0.2, 0.25) is 0 Å². The molecule has 1 aliphatic rings. The monoisotopic (exact) mass is 590 g/mol. The Bertz CT molecular complexity index is 1780. The van der Waals surface area contributed by atoms with E-state index in [0.717, 1.165) is 32.2 Å². The highest BCUT2D eigenvalue weighted by Crippen LogP contribution is 2.39. The number of thiazole rings is 1. The summed E-state index contributed by atoms with van der Waals surface area (Å²) < 4.78 is 0. The van der Waals surface area contributed by atoms with Crippen molar-refractivity contribution in [3.8, 4) is 21.7 Å². The molecule has 2 N–H and O–H groups in total. The first-order valence-corrected chi connectivity index (χ1v) is 14.2. The predicted molar refractivity (Wildman–Crippen MR) is 168 cm³/mol. The van der Waals surface area contributed by atoms with Crippen LogP contribution in [0.25, 0.3) is 21.7 Å². The van der Waals surface area contributed by atoms with Crippen LogP contribution in [0.1, 0.15) is 15.9 Å². The number of halogens is 1. The summed E-state index contributed by atoms with van der Waals surface area (Å²) in [5.74, 6) is -1.48. The summed E-state index contributed by atoms with van der Waals surface area (Å²) in [6.45, 7) is 1.92.